The lowest BCUT2D eigenvalue weighted by atomic mass is 10.1. The maximum absolute atomic E-state index is 13.3. The molecule has 0 atom stereocenters. The lowest BCUT2D eigenvalue weighted by molar-refractivity contribution is -0.384. The number of anilines is 2. The molecule has 0 spiro atoms. The minimum atomic E-state index is -0.514. The molecule has 136 valence electrons. The lowest BCUT2D eigenvalue weighted by Crippen LogP contribution is -2.31. The first-order chi connectivity index (χ1) is 12.5. The molecule has 1 aliphatic rings. The van der Waals surface area contributed by atoms with Gasteiger partial charge in [-0.15, -0.1) is 0 Å². The van der Waals surface area contributed by atoms with E-state index < -0.39 is 10.8 Å². The van der Waals surface area contributed by atoms with Crippen molar-refractivity contribution in [1.82, 2.24) is 0 Å². The molecule has 0 aliphatic carbocycles. The van der Waals surface area contributed by atoms with Crippen LogP contribution in [-0.2, 0) is 0 Å². The second kappa shape index (κ2) is 7.51. The van der Waals surface area contributed by atoms with Crippen molar-refractivity contribution in [3.05, 3.63) is 63.5 Å². The van der Waals surface area contributed by atoms with Gasteiger partial charge in [-0.05, 0) is 56.0 Å². The standard InChI is InChI=1S/C19H20FN3O3/c1-13-11-14(20)5-7-17(13)21-19(24)16-12-15(23(25)26)6-8-18(16)22-9-3-2-4-10-22/h5-8,11-12H,2-4,9-10H2,1H3,(H,21,24). The van der Waals surface area contributed by atoms with E-state index >= 15 is 0 Å². The SMILES string of the molecule is Cc1cc(F)ccc1NC(=O)c1cc([N+](=O)[O-])ccc1N1CCCCC1. The van der Waals surface area contributed by atoms with Crippen molar-refractivity contribution in [2.75, 3.05) is 23.3 Å². The number of benzene rings is 2. The Morgan fingerprint density at radius 3 is 2.54 bits per heavy atom. The van der Waals surface area contributed by atoms with E-state index in [1.54, 1.807) is 13.0 Å². The normalized spacial score (nSPS) is 14.2. The van der Waals surface area contributed by atoms with Gasteiger partial charge in [0.1, 0.15) is 5.82 Å². The molecule has 1 saturated heterocycles. The molecule has 0 saturated carbocycles. The zero-order chi connectivity index (χ0) is 18.7. The molecule has 1 heterocycles. The van der Waals surface area contributed by atoms with E-state index in [-0.39, 0.29) is 17.1 Å². The van der Waals surface area contributed by atoms with Crippen molar-refractivity contribution in [3.8, 4) is 0 Å². The molecule has 0 aromatic heterocycles. The Morgan fingerprint density at radius 1 is 1.15 bits per heavy atom. The van der Waals surface area contributed by atoms with Crippen molar-refractivity contribution in [3.63, 3.8) is 0 Å². The van der Waals surface area contributed by atoms with Crippen LogP contribution in [0.25, 0.3) is 0 Å². The summed E-state index contributed by atoms with van der Waals surface area (Å²) >= 11 is 0. The maximum Gasteiger partial charge on any atom is 0.270 e. The van der Waals surface area contributed by atoms with Crippen molar-refractivity contribution < 1.29 is 14.1 Å². The molecule has 3 rings (SSSR count). The molecule has 2 aromatic carbocycles. The van der Waals surface area contributed by atoms with Crippen LogP contribution in [0.1, 0.15) is 35.2 Å². The molecule has 1 N–H and O–H groups in total. The molecule has 1 amide bonds. The highest BCUT2D eigenvalue weighted by molar-refractivity contribution is 6.09. The fourth-order valence-electron chi connectivity index (χ4n) is 3.19. The molecule has 0 bridgehead atoms. The molecule has 1 fully saturated rings. The van der Waals surface area contributed by atoms with Crippen molar-refractivity contribution in [2.45, 2.75) is 26.2 Å². The fraction of sp³-hybridized carbons (Fsp3) is 0.316. The van der Waals surface area contributed by atoms with Crippen molar-refractivity contribution in [2.24, 2.45) is 0 Å². The monoisotopic (exact) mass is 357 g/mol. The molecular weight excluding hydrogens is 337 g/mol. The summed E-state index contributed by atoms with van der Waals surface area (Å²) in [6.07, 6.45) is 3.18. The Balaban J connectivity index is 1.95. The largest absolute Gasteiger partial charge is 0.371 e. The van der Waals surface area contributed by atoms with Crippen LogP contribution in [0.15, 0.2) is 36.4 Å². The number of hydrogen-bond donors (Lipinski definition) is 1. The number of hydrogen-bond acceptors (Lipinski definition) is 4. The summed E-state index contributed by atoms with van der Waals surface area (Å²) in [6, 6.07) is 8.44. The number of piperidine rings is 1. The molecule has 7 heteroatoms. The number of aryl methyl sites for hydroxylation is 1. The van der Waals surface area contributed by atoms with Crippen LogP contribution in [0, 0.1) is 22.9 Å². The van der Waals surface area contributed by atoms with E-state index in [1.807, 2.05) is 0 Å². The maximum atomic E-state index is 13.3. The highest BCUT2D eigenvalue weighted by Gasteiger charge is 2.22. The third-order valence-electron chi connectivity index (χ3n) is 4.57. The van der Waals surface area contributed by atoms with E-state index in [2.05, 4.69) is 10.2 Å². The zero-order valence-corrected chi connectivity index (χ0v) is 14.5. The minimum absolute atomic E-state index is 0.133. The van der Waals surface area contributed by atoms with Gasteiger partial charge in [0.05, 0.1) is 16.2 Å². The van der Waals surface area contributed by atoms with Crippen LogP contribution < -0.4 is 10.2 Å². The number of non-ortho nitro benzene ring substituents is 1. The van der Waals surface area contributed by atoms with Crippen LogP contribution in [0.2, 0.25) is 0 Å². The Kier molecular flexibility index (Phi) is 5.16. The highest BCUT2D eigenvalue weighted by atomic mass is 19.1. The van der Waals surface area contributed by atoms with Crippen LogP contribution in [-0.4, -0.2) is 23.9 Å². The third-order valence-corrected chi connectivity index (χ3v) is 4.57. The number of nitrogens with zero attached hydrogens (tertiary/aromatic N) is 2. The van der Waals surface area contributed by atoms with Gasteiger partial charge in [0.25, 0.3) is 11.6 Å². The first-order valence-electron chi connectivity index (χ1n) is 8.56. The molecule has 0 radical (unpaired) electrons. The molecule has 26 heavy (non-hydrogen) atoms. The van der Waals surface area contributed by atoms with Gasteiger partial charge in [-0.2, -0.15) is 0 Å². The predicted molar refractivity (Wildman–Crippen MR) is 98.3 cm³/mol. The number of amides is 1. The van der Waals surface area contributed by atoms with E-state index in [9.17, 15) is 19.3 Å². The fourth-order valence-corrected chi connectivity index (χ4v) is 3.19. The van der Waals surface area contributed by atoms with Gasteiger partial charge in [-0.1, -0.05) is 0 Å². The topological polar surface area (TPSA) is 75.5 Å². The highest BCUT2D eigenvalue weighted by Crippen LogP contribution is 2.29. The van der Waals surface area contributed by atoms with Crippen LogP contribution in [0.4, 0.5) is 21.5 Å². The van der Waals surface area contributed by atoms with Crippen LogP contribution in [0.5, 0.6) is 0 Å². The van der Waals surface area contributed by atoms with Gasteiger partial charge in [0.2, 0.25) is 0 Å². The van der Waals surface area contributed by atoms with Gasteiger partial charge in [0.15, 0.2) is 0 Å². The number of halogens is 1. The Hall–Kier alpha value is -2.96. The molecule has 6 nitrogen and oxygen atoms in total. The summed E-state index contributed by atoms with van der Waals surface area (Å²) in [4.78, 5) is 25.5. The summed E-state index contributed by atoms with van der Waals surface area (Å²) in [7, 11) is 0. The third kappa shape index (κ3) is 3.82. The average Bonchev–Trinajstić information content (AvgIpc) is 2.64. The first-order valence-corrected chi connectivity index (χ1v) is 8.56. The predicted octanol–water partition coefficient (Wildman–Crippen LogP) is 4.28. The molecule has 2 aromatic rings. The summed E-state index contributed by atoms with van der Waals surface area (Å²) in [5.41, 5.74) is 1.87. The lowest BCUT2D eigenvalue weighted by Gasteiger charge is -2.30. The second-order valence-corrected chi connectivity index (χ2v) is 6.42. The number of rotatable bonds is 4. The van der Waals surface area contributed by atoms with Crippen LogP contribution in [0.3, 0.4) is 0 Å². The summed E-state index contributed by atoms with van der Waals surface area (Å²) in [5.74, 6) is -0.825. The minimum Gasteiger partial charge on any atom is -0.371 e. The van der Waals surface area contributed by atoms with Gasteiger partial charge in [-0.3, -0.25) is 14.9 Å². The van der Waals surface area contributed by atoms with Gasteiger partial charge in [0, 0.05) is 30.9 Å². The van der Waals surface area contributed by atoms with E-state index in [0.29, 0.717) is 16.9 Å². The molecule has 0 unspecified atom stereocenters. The van der Waals surface area contributed by atoms with Gasteiger partial charge < -0.3 is 10.2 Å². The van der Waals surface area contributed by atoms with E-state index in [1.165, 1.54) is 30.3 Å². The Labute approximate surface area is 150 Å². The second-order valence-electron chi connectivity index (χ2n) is 6.42. The number of carbonyl (C=O) groups is 1. The Bertz CT molecular complexity index is 848. The summed E-state index contributed by atoms with van der Waals surface area (Å²) < 4.78 is 13.3. The van der Waals surface area contributed by atoms with Gasteiger partial charge in [-0.25, -0.2) is 4.39 Å². The number of nitro groups is 1. The van der Waals surface area contributed by atoms with Crippen molar-refractivity contribution in [1.29, 1.82) is 0 Å². The van der Waals surface area contributed by atoms with Crippen molar-refractivity contribution >= 4 is 23.0 Å². The quantitative estimate of drug-likeness (QED) is 0.654. The number of carbonyl (C=O) groups excluding carboxylic acids is 1. The van der Waals surface area contributed by atoms with Gasteiger partial charge >= 0.3 is 0 Å². The smallest absolute Gasteiger partial charge is 0.270 e. The summed E-state index contributed by atoms with van der Waals surface area (Å²) in [5, 5.41) is 13.9. The molecule has 1 aliphatic heterocycles. The zero-order valence-electron chi connectivity index (χ0n) is 14.5. The summed E-state index contributed by atoms with van der Waals surface area (Å²) in [6.45, 7) is 3.32. The average molecular weight is 357 g/mol. The van der Waals surface area contributed by atoms with E-state index in [0.717, 1.165) is 32.4 Å². The first kappa shape index (κ1) is 17.8. The van der Waals surface area contributed by atoms with Crippen LogP contribution >= 0.6 is 0 Å². The Morgan fingerprint density at radius 2 is 1.88 bits per heavy atom. The molecular formula is C19H20FN3O3. The number of nitro benzene ring substituents is 1. The number of nitrogens with one attached hydrogen (secondary N) is 1. The van der Waals surface area contributed by atoms with E-state index in [4.69, 9.17) is 0 Å².